The zero-order valence-corrected chi connectivity index (χ0v) is 20.2. The highest BCUT2D eigenvalue weighted by atomic mass is 32.2. The molecule has 9 heteroatoms. The summed E-state index contributed by atoms with van der Waals surface area (Å²) in [5.41, 5.74) is 2.63. The SMILES string of the molecule is CCN(Cc1nc2cc(S(=O)(=O)N3CCOCC3)ccc2n1CC)C(C)c1ccc(F)cc1. The van der Waals surface area contributed by atoms with Crippen LogP contribution in [0.25, 0.3) is 11.0 Å². The second-order valence-corrected chi connectivity index (χ2v) is 10.2. The summed E-state index contributed by atoms with van der Waals surface area (Å²) in [6.45, 7) is 9.92. The van der Waals surface area contributed by atoms with Gasteiger partial charge in [-0.15, -0.1) is 0 Å². The second kappa shape index (κ2) is 9.89. The van der Waals surface area contributed by atoms with Crippen molar-refractivity contribution in [3.63, 3.8) is 0 Å². The van der Waals surface area contributed by atoms with Crippen LogP contribution in [0.5, 0.6) is 0 Å². The number of morpholine rings is 1. The third kappa shape index (κ3) is 4.82. The van der Waals surface area contributed by atoms with E-state index in [9.17, 15) is 12.8 Å². The van der Waals surface area contributed by atoms with E-state index in [-0.39, 0.29) is 16.8 Å². The van der Waals surface area contributed by atoms with Crippen molar-refractivity contribution in [2.45, 2.75) is 44.8 Å². The Morgan fingerprint density at radius 1 is 1.12 bits per heavy atom. The number of hydrogen-bond donors (Lipinski definition) is 0. The molecule has 3 aromatic rings. The number of imidazole rings is 1. The van der Waals surface area contributed by atoms with E-state index in [1.54, 1.807) is 12.1 Å². The molecule has 2 aromatic carbocycles. The number of nitrogens with zero attached hydrogens (tertiary/aromatic N) is 4. The lowest BCUT2D eigenvalue weighted by atomic mass is 10.1. The van der Waals surface area contributed by atoms with Gasteiger partial charge in [-0.2, -0.15) is 4.31 Å². The highest BCUT2D eigenvalue weighted by Gasteiger charge is 2.27. The van der Waals surface area contributed by atoms with Crippen molar-refractivity contribution in [2.24, 2.45) is 0 Å². The molecule has 0 radical (unpaired) electrons. The van der Waals surface area contributed by atoms with Crippen LogP contribution in [0.4, 0.5) is 4.39 Å². The van der Waals surface area contributed by atoms with Crippen LogP contribution in [0.15, 0.2) is 47.4 Å². The van der Waals surface area contributed by atoms with Crippen molar-refractivity contribution in [3.05, 3.63) is 59.7 Å². The number of aromatic nitrogens is 2. The van der Waals surface area contributed by atoms with Gasteiger partial charge in [0.05, 0.1) is 35.7 Å². The van der Waals surface area contributed by atoms with E-state index in [1.807, 2.05) is 18.2 Å². The van der Waals surface area contributed by atoms with Crippen molar-refractivity contribution < 1.29 is 17.5 Å². The molecule has 0 bridgehead atoms. The van der Waals surface area contributed by atoms with Crippen molar-refractivity contribution in [3.8, 4) is 0 Å². The topological polar surface area (TPSA) is 67.7 Å². The molecule has 1 aliphatic heterocycles. The Morgan fingerprint density at radius 2 is 1.82 bits per heavy atom. The zero-order chi connectivity index (χ0) is 23.6. The molecule has 2 heterocycles. The number of aryl methyl sites for hydroxylation is 1. The second-order valence-electron chi connectivity index (χ2n) is 8.23. The molecular weight excluding hydrogens is 443 g/mol. The summed E-state index contributed by atoms with van der Waals surface area (Å²) in [4.78, 5) is 7.36. The van der Waals surface area contributed by atoms with E-state index in [0.29, 0.717) is 38.4 Å². The van der Waals surface area contributed by atoms with Gasteiger partial charge in [0.2, 0.25) is 10.0 Å². The third-order valence-electron chi connectivity index (χ3n) is 6.37. The number of sulfonamides is 1. The lowest BCUT2D eigenvalue weighted by molar-refractivity contribution is 0.0730. The van der Waals surface area contributed by atoms with Gasteiger partial charge in [0.15, 0.2) is 0 Å². The fraction of sp³-hybridized carbons (Fsp3) is 0.458. The first-order valence-electron chi connectivity index (χ1n) is 11.4. The van der Waals surface area contributed by atoms with E-state index in [4.69, 9.17) is 9.72 Å². The maximum atomic E-state index is 13.4. The number of fused-ring (bicyclic) bond motifs is 1. The molecule has 0 N–H and O–H groups in total. The number of benzene rings is 2. The monoisotopic (exact) mass is 474 g/mol. The fourth-order valence-electron chi connectivity index (χ4n) is 4.39. The van der Waals surface area contributed by atoms with Crippen LogP contribution in [-0.4, -0.2) is 60.0 Å². The molecule has 4 rings (SSSR count). The molecule has 178 valence electrons. The van der Waals surface area contributed by atoms with Crippen LogP contribution in [0.3, 0.4) is 0 Å². The Labute approximate surface area is 194 Å². The number of ether oxygens (including phenoxy) is 1. The quantitative estimate of drug-likeness (QED) is 0.497. The van der Waals surface area contributed by atoms with Gasteiger partial charge in [-0.25, -0.2) is 17.8 Å². The average molecular weight is 475 g/mol. The molecule has 33 heavy (non-hydrogen) atoms. The zero-order valence-electron chi connectivity index (χ0n) is 19.4. The van der Waals surface area contributed by atoms with Crippen LogP contribution in [0.2, 0.25) is 0 Å². The van der Waals surface area contributed by atoms with E-state index in [0.717, 1.165) is 30.0 Å². The fourth-order valence-corrected chi connectivity index (χ4v) is 5.81. The number of halogens is 1. The normalized spacial score (nSPS) is 16.5. The third-order valence-corrected chi connectivity index (χ3v) is 8.27. The van der Waals surface area contributed by atoms with E-state index >= 15 is 0 Å². The molecule has 7 nitrogen and oxygen atoms in total. The molecule has 1 saturated heterocycles. The van der Waals surface area contributed by atoms with Crippen LogP contribution in [0, 0.1) is 5.82 Å². The van der Waals surface area contributed by atoms with Gasteiger partial charge in [0, 0.05) is 25.7 Å². The first-order valence-corrected chi connectivity index (χ1v) is 12.9. The molecule has 1 atom stereocenters. The molecule has 0 saturated carbocycles. The van der Waals surface area contributed by atoms with Gasteiger partial charge < -0.3 is 9.30 Å². The lowest BCUT2D eigenvalue weighted by Crippen LogP contribution is -2.40. The molecule has 1 aliphatic rings. The average Bonchev–Trinajstić information content (AvgIpc) is 3.19. The first-order chi connectivity index (χ1) is 15.8. The highest BCUT2D eigenvalue weighted by molar-refractivity contribution is 7.89. The Hall–Kier alpha value is -2.33. The largest absolute Gasteiger partial charge is 0.379 e. The van der Waals surface area contributed by atoms with Crippen molar-refractivity contribution >= 4 is 21.1 Å². The smallest absolute Gasteiger partial charge is 0.243 e. The van der Waals surface area contributed by atoms with Gasteiger partial charge in [0.1, 0.15) is 11.6 Å². The van der Waals surface area contributed by atoms with Crippen molar-refractivity contribution in [1.29, 1.82) is 0 Å². The minimum absolute atomic E-state index is 0.0815. The lowest BCUT2D eigenvalue weighted by Gasteiger charge is -2.28. The Bertz CT molecular complexity index is 1200. The predicted molar refractivity (Wildman–Crippen MR) is 126 cm³/mol. The van der Waals surface area contributed by atoms with Crippen LogP contribution >= 0.6 is 0 Å². The summed E-state index contributed by atoms with van der Waals surface area (Å²) in [6.07, 6.45) is 0. The summed E-state index contributed by atoms with van der Waals surface area (Å²) in [6, 6.07) is 11.9. The first kappa shape index (κ1) is 23.8. The van der Waals surface area contributed by atoms with Crippen molar-refractivity contribution in [2.75, 3.05) is 32.8 Å². The molecule has 1 aromatic heterocycles. The molecule has 0 spiro atoms. The molecule has 1 fully saturated rings. The summed E-state index contributed by atoms with van der Waals surface area (Å²) >= 11 is 0. The van der Waals surface area contributed by atoms with Crippen molar-refractivity contribution in [1.82, 2.24) is 18.8 Å². The minimum atomic E-state index is -3.58. The van der Waals surface area contributed by atoms with Gasteiger partial charge in [-0.05, 0) is 56.3 Å². The summed E-state index contributed by atoms with van der Waals surface area (Å²) < 4.78 is 48.4. The molecule has 0 aliphatic carbocycles. The molecule has 1 unspecified atom stereocenters. The van der Waals surface area contributed by atoms with E-state index < -0.39 is 10.0 Å². The highest BCUT2D eigenvalue weighted by Crippen LogP contribution is 2.26. The van der Waals surface area contributed by atoms with Crippen LogP contribution in [-0.2, 0) is 27.8 Å². The minimum Gasteiger partial charge on any atom is -0.379 e. The maximum Gasteiger partial charge on any atom is 0.243 e. The van der Waals surface area contributed by atoms with E-state index in [2.05, 4.69) is 30.2 Å². The summed E-state index contributed by atoms with van der Waals surface area (Å²) in [7, 11) is -3.58. The maximum absolute atomic E-state index is 13.4. The summed E-state index contributed by atoms with van der Waals surface area (Å²) in [5.74, 6) is 0.633. The Kier molecular flexibility index (Phi) is 7.13. The van der Waals surface area contributed by atoms with Crippen LogP contribution in [0.1, 0.15) is 38.2 Å². The van der Waals surface area contributed by atoms with Gasteiger partial charge in [-0.3, -0.25) is 4.90 Å². The Morgan fingerprint density at radius 3 is 2.45 bits per heavy atom. The number of rotatable bonds is 8. The van der Waals surface area contributed by atoms with Gasteiger partial charge in [0.25, 0.3) is 0 Å². The standard InChI is InChI=1S/C24H31FN4O3S/c1-4-27(18(3)19-6-8-20(25)9-7-19)17-24-26-22-16-21(10-11-23(22)29(24)5-2)33(30,31)28-12-14-32-15-13-28/h6-11,16,18H,4-5,12-15,17H2,1-3H3. The molecule has 0 amide bonds. The Balaban J connectivity index is 1.64. The summed E-state index contributed by atoms with van der Waals surface area (Å²) in [5, 5.41) is 0. The molecular formula is C24H31FN4O3S. The predicted octanol–water partition coefficient (Wildman–Crippen LogP) is 3.80. The number of hydrogen-bond acceptors (Lipinski definition) is 5. The van der Waals surface area contributed by atoms with Gasteiger partial charge in [-0.1, -0.05) is 19.1 Å². The van der Waals surface area contributed by atoms with E-state index in [1.165, 1.54) is 16.4 Å². The van der Waals surface area contributed by atoms with Crippen LogP contribution < -0.4 is 0 Å². The van der Waals surface area contributed by atoms with Gasteiger partial charge >= 0.3 is 0 Å².